The number of ether oxygens (including phenoxy) is 1. The van der Waals surface area contributed by atoms with Gasteiger partial charge < -0.3 is 14.1 Å². The average molecular weight is 595 g/mol. The van der Waals surface area contributed by atoms with Gasteiger partial charge >= 0.3 is 0 Å². The number of rotatable bonds is 13. The minimum absolute atomic E-state index is 0.0615. The molecule has 4 rings (SSSR count). The van der Waals surface area contributed by atoms with Gasteiger partial charge in [-0.3, -0.25) is 14.6 Å². The Bertz CT molecular complexity index is 1450. The summed E-state index contributed by atoms with van der Waals surface area (Å²) in [6.45, 7) is 2.34. The molecule has 0 bridgehead atoms. The lowest BCUT2D eigenvalue weighted by atomic mass is 9.99. The van der Waals surface area contributed by atoms with Crippen molar-refractivity contribution in [1.29, 1.82) is 0 Å². The fourth-order valence-corrected chi connectivity index (χ4v) is 6.13. The molecule has 3 aromatic heterocycles. The van der Waals surface area contributed by atoms with Crippen molar-refractivity contribution >= 4 is 44.7 Å². The number of methoxy groups -OCH3 is 1. The number of hydrogen-bond donors (Lipinski definition) is 0. The molecule has 0 aliphatic heterocycles. The molecule has 39 heavy (non-hydrogen) atoms. The van der Waals surface area contributed by atoms with Crippen molar-refractivity contribution in [1.82, 2.24) is 19.2 Å². The van der Waals surface area contributed by atoms with E-state index in [1.807, 2.05) is 12.1 Å². The summed E-state index contributed by atoms with van der Waals surface area (Å²) in [6.07, 6.45) is 4.18. The van der Waals surface area contributed by atoms with Crippen molar-refractivity contribution in [2.24, 2.45) is 0 Å². The van der Waals surface area contributed by atoms with Gasteiger partial charge in [-0.25, -0.2) is 17.7 Å². The summed E-state index contributed by atoms with van der Waals surface area (Å²) >= 11 is 7.18. The molecular formula is C26H31ClN4O6S2. The second-order valence-electron chi connectivity index (χ2n) is 9.68. The van der Waals surface area contributed by atoms with E-state index in [1.165, 1.54) is 25.4 Å². The molecule has 1 aliphatic rings. The van der Waals surface area contributed by atoms with Crippen LogP contribution in [0.1, 0.15) is 51.1 Å². The minimum Gasteiger partial charge on any atom is -0.495 e. The fraction of sp³-hybridized carbons (Fsp3) is 0.462. The number of sulfonamides is 1. The van der Waals surface area contributed by atoms with E-state index in [9.17, 15) is 18.0 Å². The third-order valence-electron chi connectivity index (χ3n) is 6.69. The molecule has 1 saturated carbocycles. The number of ketones is 1. The van der Waals surface area contributed by atoms with Crippen LogP contribution >= 0.6 is 22.9 Å². The lowest BCUT2D eigenvalue weighted by Crippen LogP contribution is -2.40. The summed E-state index contributed by atoms with van der Waals surface area (Å²) in [4.78, 5) is 38.0. The summed E-state index contributed by atoms with van der Waals surface area (Å²) in [5.41, 5.74) is 0.0950. The zero-order valence-electron chi connectivity index (χ0n) is 22.3. The van der Waals surface area contributed by atoms with E-state index in [4.69, 9.17) is 20.8 Å². The number of halogens is 1. The number of pyridine rings is 1. The predicted molar refractivity (Wildman–Crippen MR) is 148 cm³/mol. The Kier molecular flexibility index (Phi) is 8.79. The zero-order chi connectivity index (χ0) is 28.4. The standard InChI is InChI=1S/C26H31ClN4O6S2/c1-17-24(20(32)16-39(34,35)30(2)3)29-23(38-17)15-31(13-5-6-18-8-10-22(27)37-18)25(33)26(11-12-26)21-9-7-19(36-4)14-28-21/h7-10,14H,5-6,11-13,15-16H2,1-4H3. The Morgan fingerprint density at radius 3 is 2.51 bits per heavy atom. The smallest absolute Gasteiger partial charge is 0.235 e. The molecule has 1 aliphatic carbocycles. The first-order valence-corrected chi connectivity index (χ1v) is 15.2. The van der Waals surface area contributed by atoms with E-state index >= 15 is 0 Å². The van der Waals surface area contributed by atoms with Gasteiger partial charge in [0.15, 0.2) is 11.0 Å². The third-order valence-corrected chi connectivity index (χ3v) is 9.59. The van der Waals surface area contributed by atoms with Gasteiger partial charge in [-0.05, 0) is 62.1 Å². The Labute approximate surface area is 237 Å². The van der Waals surface area contributed by atoms with Crippen LogP contribution < -0.4 is 4.74 Å². The van der Waals surface area contributed by atoms with Crippen molar-refractivity contribution in [2.45, 2.75) is 44.6 Å². The Hall–Kier alpha value is -2.80. The van der Waals surface area contributed by atoms with Crippen LogP contribution in [0.2, 0.25) is 5.22 Å². The Morgan fingerprint density at radius 1 is 1.21 bits per heavy atom. The number of aryl methyl sites for hydroxylation is 2. The summed E-state index contributed by atoms with van der Waals surface area (Å²) in [5.74, 6) is 0.0454. The maximum atomic E-state index is 14.0. The van der Waals surface area contributed by atoms with Gasteiger partial charge in [-0.15, -0.1) is 11.3 Å². The van der Waals surface area contributed by atoms with Crippen LogP contribution in [-0.4, -0.2) is 72.8 Å². The molecule has 0 unspecified atom stereocenters. The van der Waals surface area contributed by atoms with E-state index in [0.717, 1.165) is 10.1 Å². The maximum Gasteiger partial charge on any atom is 0.235 e. The summed E-state index contributed by atoms with van der Waals surface area (Å²) in [7, 11) is 0.605. The average Bonchev–Trinajstić information content (AvgIpc) is 3.47. The molecule has 13 heteroatoms. The predicted octanol–water partition coefficient (Wildman–Crippen LogP) is 3.87. The van der Waals surface area contributed by atoms with E-state index < -0.39 is 27.0 Å². The highest BCUT2D eigenvalue weighted by atomic mass is 35.5. The minimum atomic E-state index is -3.72. The number of carbonyl (C=O) groups is 2. The van der Waals surface area contributed by atoms with E-state index in [2.05, 4.69) is 9.97 Å². The van der Waals surface area contributed by atoms with Crippen molar-refractivity contribution in [3.63, 3.8) is 0 Å². The number of nitrogens with zero attached hydrogens (tertiary/aromatic N) is 4. The van der Waals surface area contributed by atoms with Crippen LogP contribution in [0.3, 0.4) is 0 Å². The number of Topliss-reactive ketones (excluding diaryl/α,β-unsaturated/α-hetero) is 1. The number of carbonyl (C=O) groups excluding carboxylic acids is 2. The first-order chi connectivity index (χ1) is 18.4. The highest BCUT2D eigenvalue weighted by Crippen LogP contribution is 2.49. The summed E-state index contributed by atoms with van der Waals surface area (Å²) in [6, 6.07) is 7.11. The van der Waals surface area contributed by atoms with Crippen LogP contribution in [0.25, 0.3) is 0 Å². The molecular weight excluding hydrogens is 564 g/mol. The first-order valence-electron chi connectivity index (χ1n) is 12.4. The molecule has 210 valence electrons. The van der Waals surface area contributed by atoms with E-state index in [-0.39, 0.29) is 18.1 Å². The number of furan rings is 1. The number of amides is 1. The van der Waals surface area contributed by atoms with Crippen LogP contribution in [0.15, 0.2) is 34.9 Å². The van der Waals surface area contributed by atoms with Crippen LogP contribution in [0.5, 0.6) is 5.75 Å². The largest absolute Gasteiger partial charge is 0.495 e. The van der Waals surface area contributed by atoms with Crippen LogP contribution in [-0.2, 0) is 33.2 Å². The highest BCUT2D eigenvalue weighted by molar-refractivity contribution is 7.89. The molecule has 0 aromatic carbocycles. The number of thiazole rings is 1. The SMILES string of the molecule is COc1ccc(C2(C(=O)N(CCCc3ccc(Cl)o3)Cc3nc(C(=O)CS(=O)(=O)N(C)C)c(C)s3)CC2)nc1. The molecule has 0 N–H and O–H groups in total. The Balaban J connectivity index is 1.55. The number of hydrogen-bond acceptors (Lipinski definition) is 9. The van der Waals surface area contributed by atoms with Crippen molar-refractivity contribution < 1.29 is 27.2 Å². The zero-order valence-corrected chi connectivity index (χ0v) is 24.7. The Morgan fingerprint density at radius 2 is 1.95 bits per heavy atom. The van der Waals surface area contributed by atoms with Crippen LogP contribution in [0.4, 0.5) is 0 Å². The van der Waals surface area contributed by atoms with E-state index in [1.54, 1.807) is 37.3 Å². The molecule has 0 saturated heterocycles. The maximum absolute atomic E-state index is 14.0. The molecule has 1 amide bonds. The molecule has 3 aromatic rings. The quantitative estimate of drug-likeness (QED) is 0.273. The van der Waals surface area contributed by atoms with E-state index in [0.29, 0.717) is 58.8 Å². The molecule has 10 nitrogen and oxygen atoms in total. The molecule has 0 radical (unpaired) electrons. The summed E-state index contributed by atoms with van der Waals surface area (Å²) < 4.78 is 36.1. The lowest BCUT2D eigenvalue weighted by Gasteiger charge is -2.26. The normalized spacial score (nSPS) is 14.4. The molecule has 0 spiro atoms. The topological polar surface area (TPSA) is 123 Å². The number of aromatic nitrogens is 2. The van der Waals surface area contributed by atoms with Gasteiger partial charge in [-0.2, -0.15) is 0 Å². The van der Waals surface area contributed by atoms with Gasteiger partial charge in [0.05, 0.1) is 31.0 Å². The van der Waals surface area contributed by atoms with Gasteiger partial charge in [0.25, 0.3) is 0 Å². The summed E-state index contributed by atoms with van der Waals surface area (Å²) in [5, 5.41) is 0.873. The second-order valence-corrected chi connectivity index (χ2v) is 13.5. The third kappa shape index (κ3) is 6.68. The van der Waals surface area contributed by atoms with Gasteiger partial charge in [0.2, 0.25) is 15.9 Å². The van der Waals surface area contributed by atoms with Crippen LogP contribution in [0, 0.1) is 6.92 Å². The van der Waals surface area contributed by atoms with Gasteiger partial charge in [-0.1, -0.05) is 0 Å². The monoisotopic (exact) mass is 594 g/mol. The van der Waals surface area contributed by atoms with Crippen molar-refractivity contribution in [3.05, 3.63) is 62.7 Å². The first kappa shape index (κ1) is 29.2. The fourth-order valence-electron chi connectivity index (χ4n) is 4.28. The van der Waals surface area contributed by atoms with Crippen molar-refractivity contribution in [2.75, 3.05) is 33.5 Å². The molecule has 0 atom stereocenters. The molecule has 3 heterocycles. The van der Waals surface area contributed by atoms with Gasteiger partial charge in [0.1, 0.15) is 28.0 Å². The van der Waals surface area contributed by atoms with Crippen molar-refractivity contribution in [3.8, 4) is 5.75 Å². The lowest BCUT2D eigenvalue weighted by molar-refractivity contribution is -0.134. The molecule has 1 fully saturated rings. The highest BCUT2D eigenvalue weighted by Gasteiger charge is 2.54. The second kappa shape index (κ2) is 11.7. The van der Waals surface area contributed by atoms with Gasteiger partial charge in [0, 0.05) is 31.9 Å².